The molecule has 0 saturated carbocycles. The summed E-state index contributed by atoms with van der Waals surface area (Å²) in [4.78, 5) is 46.3. The molecule has 7 nitrogen and oxygen atoms in total. The van der Waals surface area contributed by atoms with Gasteiger partial charge in [0.2, 0.25) is 11.8 Å². The molecule has 3 unspecified atom stereocenters. The van der Waals surface area contributed by atoms with Gasteiger partial charge in [0.05, 0.1) is 35.8 Å². The number of amides is 2. The van der Waals surface area contributed by atoms with Gasteiger partial charge in [0.15, 0.2) is 0 Å². The van der Waals surface area contributed by atoms with Gasteiger partial charge in [0, 0.05) is 17.3 Å². The van der Waals surface area contributed by atoms with Crippen molar-refractivity contribution in [1.82, 2.24) is 9.80 Å². The van der Waals surface area contributed by atoms with Gasteiger partial charge in [0.25, 0.3) is 0 Å². The van der Waals surface area contributed by atoms with Crippen LogP contribution in [0.3, 0.4) is 0 Å². The van der Waals surface area contributed by atoms with E-state index < -0.39 is 34.2 Å². The highest BCUT2D eigenvalue weighted by atomic mass is 32.2. The van der Waals surface area contributed by atoms with Crippen molar-refractivity contribution in [3.8, 4) is 0 Å². The fraction of sp³-hybridized carbons (Fsp3) is 0.781. The van der Waals surface area contributed by atoms with Crippen molar-refractivity contribution >= 4 is 29.5 Å². The van der Waals surface area contributed by atoms with E-state index in [0.717, 1.165) is 32.1 Å². The molecule has 40 heavy (non-hydrogen) atoms. The molecule has 3 aliphatic heterocycles. The fourth-order valence-electron chi connectivity index (χ4n) is 7.78. The van der Waals surface area contributed by atoms with Crippen LogP contribution >= 0.6 is 11.8 Å². The van der Waals surface area contributed by atoms with Crippen molar-refractivity contribution in [2.24, 2.45) is 23.2 Å². The fourth-order valence-corrected chi connectivity index (χ4v) is 10.2. The molecule has 3 heterocycles. The Kier molecular flexibility index (Phi) is 10.3. The van der Waals surface area contributed by atoms with Crippen LogP contribution in [0.2, 0.25) is 0 Å². The molecule has 7 atom stereocenters. The number of unbranched alkanes of at least 4 members (excludes halogenated alkanes) is 2. The zero-order valence-corrected chi connectivity index (χ0v) is 26.6. The summed E-state index contributed by atoms with van der Waals surface area (Å²) in [7, 11) is 0. The second-order valence-electron chi connectivity index (χ2n) is 13.8. The van der Waals surface area contributed by atoms with E-state index in [0.29, 0.717) is 19.6 Å². The third-order valence-corrected chi connectivity index (χ3v) is 11.2. The molecule has 0 aromatic carbocycles. The average Bonchev–Trinajstić information content (AvgIpc) is 3.45. The minimum Gasteiger partial charge on any atom is -0.465 e. The Morgan fingerprint density at radius 1 is 1.23 bits per heavy atom. The van der Waals surface area contributed by atoms with E-state index in [1.807, 2.05) is 17.9 Å². The molecule has 2 bridgehead atoms. The number of hydrogen-bond acceptors (Lipinski definition) is 6. The average molecular weight is 577 g/mol. The molecule has 1 N–H and O–H groups in total. The van der Waals surface area contributed by atoms with E-state index in [9.17, 15) is 19.5 Å². The summed E-state index contributed by atoms with van der Waals surface area (Å²) in [6.45, 7) is 22.8. The first-order valence-corrected chi connectivity index (χ1v) is 15.9. The topological polar surface area (TPSA) is 87.2 Å². The van der Waals surface area contributed by atoms with Gasteiger partial charge >= 0.3 is 5.97 Å². The normalized spacial score (nSPS) is 30.2. The minimum absolute atomic E-state index is 0.0271. The number of rotatable bonds is 14. The van der Waals surface area contributed by atoms with Gasteiger partial charge < -0.3 is 19.6 Å². The van der Waals surface area contributed by atoms with Crippen molar-refractivity contribution in [2.45, 2.75) is 115 Å². The summed E-state index contributed by atoms with van der Waals surface area (Å²) in [5.41, 5.74) is -0.525. The van der Waals surface area contributed by atoms with Gasteiger partial charge in [-0.15, -0.1) is 24.9 Å². The van der Waals surface area contributed by atoms with Crippen molar-refractivity contribution < 1.29 is 24.2 Å². The number of likely N-dealkylation sites (tertiary alicyclic amines) is 1. The lowest BCUT2D eigenvalue weighted by Gasteiger charge is -2.47. The lowest BCUT2D eigenvalue weighted by atomic mass is 9.66. The highest BCUT2D eigenvalue weighted by Gasteiger charge is 2.77. The van der Waals surface area contributed by atoms with Crippen LogP contribution in [0, 0.1) is 23.2 Å². The SMILES string of the molecule is C=CCCCCOC(=O)[C@@H]1[C@@H]2CC(C)C3(S2)C(C(=O)N(CC=C)C(C)(C)CC(C)(C)C)N([C@@H](CC)CO)C(=O)[C@H]13. The molecule has 0 aliphatic carbocycles. The number of allylic oxidation sites excluding steroid dienone is 1. The van der Waals surface area contributed by atoms with E-state index in [4.69, 9.17) is 4.74 Å². The number of aliphatic hydroxyl groups excluding tert-OH is 1. The van der Waals surface area contributed by atoms with E-state index in [2.05, 4.69) is 54.7 Å². The highest BCUT2D eigenvalue weighted by molar-refractivity contribution is 8.02. The number of nitrogens with zero attached hydrogens (tertiary/aromatic N) is 2. The largest absolute Gasteiger partial charge is 0.465 e. The molecule has 0 aromatic rings. The lowest BCUT2D eigenvalue weighted by molar-refractivity contribution is -0.155. The number of fused-ring (bicyclic) bond motifs is 1. The number of thioether (sulfide) groups is 1. The van der Waals surface area contributed by atoms with Crippen LogP contribution in [0.15, 0.2) is 25.3 Å². The van der Waals surface area contributed by atoms with Crippen LogP contribution < -0.4 is 0 Å². The molecule has 3 fully saturated rings. The van der Waals surface area contributed by atoms with Gasteiger partial charge in [-0.3, -0.25) is 14.4 Å². The molecule has 3 rings (SSSR count). The number of ether oxygens (including phenoxy) is 1. The Morgan fingerprint density at radius 3 is 2.45 bits per heavy atom. The van der Waals surface area contributed by atoms with Crippen molar-refractivity contribution in [2.75, 3.05) is 19.8 Å². The molecule has 3 aliphatic rings. The van der Waals surface area contributed by atoms with Gasteiger partial charge in [-0.2, -0.15) is 0 Å². The molecule has 0 aromatic heterocycles. The molecular weight excluding hydrogens is 524 g/mol. The maximum Gasteiger partial charge on any atom is 0.310 e. The summed E-state index contributed by atoms with van der Waals surface area (Å²) >= 11 is 1.65. The van der Waals surface area contributed by atoms with E-state index in [-0.39, 0.29) is 41.0 Å². The van der Waals surface area contributed by atoms with Crippen LogP contribution in [0.4, 0.5) is 0 Å². The number of esters is 1. The lowest BCUT2D eigenvalue weighted by Crippen LogP contribution is -2.62. The Hall–Kier alpha value is -1.80. The Morgan fingerprint density at radius 2 is 1.90 bits per heavy atom. The third-order valence-electron chi connectivity index (χ3n) is 9.08. The smallest absolute Gasteiger partial charge is 0.310 e. The van der Waals surface area contributed by atoms with Gasteiger partial charge in [-0.05, 0) is 63.7 Å². The predicted molar refractivity (Wildman–Crippen MR) is 162 cm³/mol. The zero-order chi connectivity index (χ0) is 30.0. The summed E-state index contributed by atoms with van der Waals surface area (Å²) in [5, 5.41) is 10.3. The highest BCUT2D eigenvalue weighted by Crippen LogP contribution is 2.69. The summed E-state index contributed by atoms with van der Waals surface area (Å²) < 4.78 is 4.99. The first-order chi connectivity index (χ1) is 18.7. The number of hydrogen-bond donors (Lipinski definition) is 1. The van der Waals surface area contributed by atoms with E-state index in [1.54, 1.807) is 22.7 Å². The van der Waals surface area contributed by atoms with Crippen LogP contribution in [0.1, 0.15) is 87.0 Å². The van der Waals surface area contributed by atoms with Gasteiger partial charge in [-0.1, -0.05) is 46.8 Å². The molecule has 226 valence electrons. The molecule has 2 amide bonds. The molecule has 8 heteroatoms. The van der Waals surface area contributed by atoms with Crippen LogP contribution in [0.5, 0.6) is 0 Å². The van der Waals surface area contributed by atoms with Crippen LogP contribution in [-0.2, 0) is 19.1 Å². The van der Waals surface area contributed by atoms with Crippen molar-refractivity contribution in [1.29, 1.82) is 0 Å². The minimum atomic E-state index is -0.767. The second kappa shape index (κ2) is 12.6. The monoisotopic (exact) mass is 576 g/mol. The number of carbonyl (C=O) groups is 3. The Bertz CT molecular complexity index is 971. The quantitative estimate of drug-likeness (QED) is 0.173. The Labute approximate surface area is 246 Å². The summed E-state index contributed by atoms with van der Waals surface area (Å²) in [6, 6.07) is -1.27. The molecule has 0 radical (unpaired) electrons. The van der Waals surface area contributed by atoms with Crippen LogP contribution in [-0.4, -0.2) is 80.1 Å². The van der Waals surface area contributed by atoms with E-state index in [1.165, 1.54) is 0 Å². The van der Waals surface area contributed by atoms with Crippen molar-refractivity contribution in [3.05, 3.63) is 25.3 Å². The summed E-state index contributed by atoms with van der Waals surface area (Å²) in [5.74, 6) is -1.81. The number of carbonyl (C=O) groups excluding carboxylic acids is 3. The zero-order valence-electron chi connectivity index (χ0n) is 25.8. The van der Waals surface area contributed by atoms with Gasteiger partial charge in [-0.25, -0.2) is 0 Å². The summed E-state index contributed by atoms with van der Waals surface area (Å²) in [6.07, 6.45) is 8.15. The third kappa shape index (κ3) is 5.90. The van der Waals surface area contributed by atoms with E-state index >= 15 is 0 Å². The second-order valence-corrected chi connectivity index (χ2v) is 15.3. The standard InChI is InChI=1S/C32H52N2O5S/c1-10-13-14-15-17-39-29(38)24-23-18-21(4)32(40-23)25(24)27(36)34(22(12-3)19-35)26(32)28(37)33(16-11-2)31(8,9)20-30(5,6)7/h10-11,21-26,35H,1-2,12-20H2,3-9H3/t21?,22-,23-,24+,25-,26?,32?/m0/s1. The van der Waals surface area contributed by atoms with Crippen molar-refractivity contribution in [3.63, 3.8) is 0 Å². The number of aliphatic hydroxyl groups is 1. The molecular formula is C32H52N2O5S. The maximum atomic E-state index is 14.8. The first kappa shape index (κ1) is 32.7. The molecule has 3 saturated heterocycles. The predicted octanol–water partition coefficient (Wildman–Crippen LogP) is 5.22. The molecule has 1 spiro atoms. The first-order valence-electron chi connectivity index (χ1n) is 15.0. The van der Waals surface area contributed by atoms with Crippen LogP contribution in [0.25, 0.3) is 0 Å². The Balaban J connectivity index is 2.05. The maximum absolute atomic E-state index is 14.8. The van der Waals surface area contributed by atoms with Gasteiger partial charge in [0.1, 0.15) is 6.04 Å².